The third-order valence-corrected chi connectivity index (χ3v) is 4.38. The maximum absolute atomic E-state index is 14.7. The number of benzene rings is 1. The summed E-state index contributed by atoms with van der Waals surface area (Å²) in [4.78, 5) is 7.49. The number of halogens is 1. The average Bonchev–Trinajstić information content (AvgIpc) is 3.08. The Labute approximate surface area is 163 Å². The van der Waals surface area contributed by atoms with Crippen molar-refractivity contribution >= 4 is 11.0 Å². The van der Waals surface area contributed by atoms with E-state index in [1.54, 1.807) is 19.4 Å². The Morgan fingerprint density at radius 1 is 1.00 bits per heavy atom. The van der Waals surface area contributed by atoms with Crippen LogP contribution in [-0.4, -0.2) is 50.6 Å². The molecule has 0 radical (unpaired) electrons. The molecule has 150 valence electrons. The normalized spacial score (nSPS) is 11.1. The molecule has 3 rings (SSSR count). The molecule has 1 aromatic carbocycles. The van der Waals surface area contributed by atoms with Crippen LogP contribution in [0.4, 0.5) is 4.39 Å². The fraction of sp³-hybridized carbons (Fsp3) is 0.381. The van der Waals surface area contributed by atoms with Crippen molar-refractivity contribution in [1.29, 1.82) is 0 Å². The zero-order chi connectivity index (χ0) is 19.9. The number of nitrogens with zero attached hydrogens (tertiary/aromatic N) is 1. The van der Waals surface area contributed by atoms with E-state index in [0.29, 0.717) is 49.9 Å². The highest BCUT2D eigenvalue weighted by Crippen LogP contribution is 2.32. The minimum absolute atomic E-state index is 0.298. The first-order valence-corrected chi connectivity index (χ1v) is 9.11. The molecule has 0 aliphatic heterocycles. The maximum Gasteiger partial charge on any atom is 0.164 e. The van der Waals surface area contributed by atoms with Gasteiger partial charge in [-0.05, 0) is 35.7 Å². The van der Waals surface area contributed by atoms with Crippen LogP contribution in [0.15, 0.2) is 30.6 Å². The van der Waals surface area contributed by atoms with Gasteiger partial charge in [0.1, 0.15) is 18.1 Å². The lowest BCUT2D eigenvalue weighted by Gasteiger charge is -2.13. The number of pyridine rings is 1. The standard InChI is InChI=1S/C21H25FN2O4/c1-14-8-17-16(13-24-21(17)23-12-14)9-15-10-19(26-3)20(11-18(15)22)28-7-6-27-5-4-25-2/h8,10-13H,4-7,9H2,1-3H3,(H,23,24). The van der Waals surface area contributed by atoms with Gasteiger partial charge >= 0.3 is 0 Å². The van der Waals surface area contributed by atoms with Crippen LogP contribution in [0.3, 0.4) is 0 Å². The molecule has 0 atom stereocenters. The third kappa shape index (κ3) is 4.79. The van der Waals surface area contributed by atoms with Crippen LogP contribution in [0.2, 0.25) is 0 Å². The molecule has 0 bridgehead atoms. The number of aromatic amines is 1. The molecule has 0 aliphatic carbocycles. The Bertz CT molecular complexity index is 926. The fourth-order valence-electron chi connectivity index (χ4n) is 2.95. The molecule has 0 fully saturated rings. The number of H-pyrrole nitrogens is 1. The summed E-state index contributed by atoms with van der Waals surface area (Å²) >= 11 is 0. The first-order valence-electron chi connectivity index (χ1n) is 9.11. The van der Waals surface area contributed by atoms with E-state index in [2.05, 4.69) is 9.97 Å². The molecule has 2 heterocycles. The van der Waals surface area contributed by atoms with Crippen molar-refractivity contribution in [2.24, 2.45) is 0 Å². The predicted octanol–water partition coefficient (Wildman–Crippen LogP) is 3.65. The third-order valence-electron chi connectivity index (χ3n) is 4.38. The van der Waals surface area contributed by atoms with Crippen LogP contribution in [0.1, 0.15) is 16.7 Å². The van der Waals surface area contributed by atoms with E-state index in [0.717, 1.165) is 22.2 Å². The Hall–Kier alpha value is -2.64. The average molecular weight is 388 g/mol. The van der Waals surface area contributed by atoms with Crippen molar-refractivity contribution in [3.05, 3.63) is 53.1 Å². The predicted molar refractivity (Wildman–Crippen MR) is 105 cm³/mol. The summed E-state index contributed by atoms with van der Waals surface area (Å²) in [5.41, 5.74) is 3.36. The van der Waals surface area contributed by atoms with Gasteiger partial charge in [0.05, 0.1) is 26.9 Å². The van der Waals surface area contributed by atoms with Crippen molar-refractivity contribution in [3.63, 3.8) is 0 Å². The van der Waals surface area contributed by atoms with Gasteiger partial charge in [0, 0.05) is 37.4 Å². The SMILES string of the molecule is COCCOCCOc1cc(F)c(Cc2c[nH]c3ncc(C)cc23)cc1OC. The van der Waals surface area contributed by atoms with Crippen LogP contribution in [0.5, 0.6) is 11.5 Å². The summed E-state index contributed by atoms with van der Waals surface area (Å²) in [5, 5.41) is 0.993. The Balaban J connectivity index is 1.72. The van der Waals surface area contributed by atoms with E-state index in [-0.39, 0.29) is 5.82 Å². The number of hydrogen-bond donors (Lipinski definition) is 1. The van der Waals surface area contributed by atoms with Crippen molar-refractivity contribution in [3.8, 4) is 11.5 Å². The second-order valence-corrected chi connectivity index (χ2v) is 6.45. The summed E-state index contributed by atoms with van der Waals surface area (Å²) in [6.07, 6.45) is 4.09. The summed E-state index contributed by atoms with van der Waals surface area (Å²) in [5.74, 6) is 0.504. The molecule has 2 aromatic heterocycles. The molecule has 0 spiro atoms. The van der Waals surface area contributed by atoms with Gasteiger partial charge in [0.15, 0.2) is 11.5 Å². The first kappa shape index (κ1) is 20.1. The molecule has 0 aliphatic rings. The summed E-state index contributed by atoms with van der Waals surface area (Å²) in [6.45, 7) is 3.68. The second-order valence-electron chi connectivity index (χ2n) is 6.45. The first-order chi connectivity index (χ1) is 13.6. The second kappa shape index (κ2) is 9.52. The molecule has 3 aromatic rings. The number of rotatable bonds is 10. The van der Waals surface area contributed by atoms with Gasteiger partial charge in [-0.1, -0.05) is 0 Å². The van der Waals surface area contributed by atoms with E-state index in [1.807, 2.05) is 19.2 Å². The summed E-state index contributed by atoms with van der Waals surface area (Å²) in [6, 6.07) is 5.09. The molecule has 0 saturated heterocycles. The lowest BCUT2D eigenvalue weighted by Crippen LogP contribution is -2.10. The smallest absolute Gasteiger partial charge is 0.164 e. The Morgan fingerprint density at radius 3 is 2.61 bits per heavy atom. The number of ether oxygens (including phenoxy) is 4. The maximum atomic E-state index is 14.7. The van der Waals surface area contributed by atoms with E-state index < -0.39 is 0 Å². The quantitative estimate of drug-likeness (QED) is 0.537. The number of aromatic nitrogens is 2. The molecule has 1 N–H and O–H groups in total. The number of hydrogen-bond acceptors (Lipinski definition) is 5. The largest absolute Gasteiger partial charge is 0.493 e. The van der Waals surface area contributed by atoms with Gasteiger partial charge in [-0.25, -0.2) is 9.37 Å². The lowest BCUT2D eigenvalue weighted by atomic mass is 10.0. The Morgan fingerprint density at radius 2 is 1.82 bits per heavy atom. The highest BCUT2D eigenvalue weighted by molar-refractivity contribution is 5.80. The van der Waals surface area contributed by atoms with Gasteiger partial charge in [-0.3, -0.25) is 0 Å². The van der Waals surface area contributed by atoms with Crippen LogP contribution < -0.4 is 9.47 Å². The zero-order valence-corrected chi connectivity index (χ0v) is 16.4. The van der Waals surface area contributed by atoms with Crippen LogP contribution >= 0.6 is 0 Å². The molecule has 6 nitrogen and oxygen atoms in total. The molecule has 0 amide bonds. The van der Waals surface area contributed by atoms with E-state index in [9.17, 15) is 4.39 Å². The molecule has 0 unspecified atom stereocenters. The molecule has 0 saturated carbocycles. The van der Waals surface area contributed by atoms with Gasteiger partial charge in [0.25, 0.3) is 0 Å². The highest BCUT2D eigenvalue weighted by Gasteiger charge is 2.14. The van der Waals surface area contributed by atoms with Crippen molar-refractivity contribution in [1.82, 2.24) is 9.97 Å². The fourth-order valence-corrected chi connectivity index (χ4v) is 2.95. The van der Waals surface area contributed by atoms with E-state index >= 15 is 0 Å². The van der Waals surface area contributed by atoms with Crippen molar-refractivity contribution in [2.45, 2.75) is 13.3 Å². The number of aryl methyl sites for hydroxylation is 1. The minimum atomic E-state index is -0.342. The molecule has 7 heteroatoms. The van der Waals surface area contributed by atoms with Gasteiger partial charge in [0.2, 0.25) is 0 Å². The van der Waals surface area contributed by atoms with Gasteiger partial charge in [-0.2, -0.15) is 0 Å². The number of methoxy groups -OCH3 is 2. The minimum Gasteiger partial charge on any atom is -0.493 e. The zero-order valence-electron chi connectivity index (χ0n) is 16.4. The van der Waals surface area contributed by atoms with Crippen LogP contribution in [-0.2, 0) is 15.9 Å². The van der Waals surface area contributed by atoms with Gasteiger partial charge in [-0.15, -0.1) is 0 Å². The highest BCUT2D eigenvalue weighted by atomic mass is 19.1. The van der Waals surface area contributed by atoms with Crippen LogP contribution in [0.25, 0.3) is 11.0 Å². The van der Waals surface area contributed by atoms with Crippen molar-refractivity contribution in [2.75, 3.05) is 40.6 Å². The summed E-state index contributed by atoms with van der Waals surface area (Å²) < 4.78 is 36.0. The van der Waals surface area contributed by atoms with Crippen LogP contribution in [0, 0.1) is 12.7 Å². The number of fused-ring (bicyclic) bond motifs is 1. The van der Waals surface area contributed by atoms with E-state index in [4.69, 9.17) is 18.9 Å². The van der Waals surface area contributed by atoms with E-state index in [1.165, 1.54) is 13.2 Å². The van der Waals surface area contributed by atoms with Gasteiger partial charge < -0.3 is 23.9 Å². The summed E-state index contributed by atoms with van der Waals surface area (Å²) in [7, 11) is 3.15. The molecular formula is C21H25FN2O4. The Kier molecular flexibility index (Phi) is 6.84. The lowest BCUT2D eigenvalue weighted by molar-refractivity contribution is 0.0539. The topological polar surface area (TPSA) is 65.6 Å². The monoisotopic (exact) mass is 388 g/mol. The molecule has 28 heavy (non-hydrogen) atoms. The molecular weight excluding hydrogens is 363 g/mol. The number of nitrogens with one attached hydrogen (secondary N) is 1. The van der Waals surface area contributed by atoms with Crippen molar-refractivity contribution < 1.29 is 23.3 Å².